The molecule has 1 unspecified atom stereocenters. The number of hydrogen-bond acceptors (Lipinski definition) is 2. The van der Waals surface area contributed by atoms with Crippen LogP contribution in [0.3, 0.4) is 0 Å². The zero-order chi connectivity index (χ0) is 10.2. The van der Waals surface area contributed by atoms with E-state index >= 15 is 0 Å². The van der Waals surface area contributed by atoms with Crippen molar-refractivity contribution in [3.05, 3.63) is 0 Å². The Morgan fingerprint density at radius 3 is 2.64 bits per heavy atom. The fourth-order valence-electron chi connectivity index (χ4n) is 3.39. The van der Waals surface area contributed by atoms with E-state index in [9.17, 15) is 4.39 Å². The molecule has 1 saturated carbocycles. The highest BCUT2D eigenvalue weighted by molar-refractivity contribution is 5.06. The third-order valence-corrected chi connectivity index (χ3v) is 4.01. The normalized spacial score (nSPS) is 48.6. The first-order valence-corrected chi connectivity index (χ1v) is 5.68. The van der Waals surface area contributed by atoms with Crippen LogP contribution in [0, 0.1) is 11.3 Å². The maximum absolute atomic E-state index is 13.6. The molecule has 1 atom stereocenters. The summed E-state index contributed by atoms with van der Waals surface area (Å²) < 4.78 is 13.6. The second kappa shape index (κ2) is 3.46. The van der Waals surface area contributed by atoms with Gasteiger partial charge in [0.25, 0.3) is 0 Å². The van der Waals surface area contributed by atoms with Crippen LogP contribution in [0.1, 0.15) is 32.6 Å². The van der Waals surface area contributed by atoms with Gasteiger partial charge in [-0.05, 0) is 63.6 Å². The highest BCUT2D eigenvalue weighted by Crippen LogP contribution is 2.55. The number of rotatable bonds is 2. The lowest BCUT2D eigenvalue weighted by Crippen LogP contribution is -2.58. The molecule has 0 aromatic carbocycles. The molecule has 0 radical (unpaired) electrons. The van der Waals surface area contributed by atoms with Gasteiger partial charge >= 0.3 is 0 Å². The lowest BCUT2D eigenvalue weighted by molar-refractivity contribution is -0.0905. The van der Waals surface area contributed by atoms with Crippen molar-refractivity contribution in [2.24, 2.45) is 17.1 Å². The molecular formula is C11H21FN2. The van der Waals surface area contributed by atoms with Crippen LogP contribution in [0.4, 0.5) is 4.39 Å². The molecule has 0 aromatic heterocycles. The van der Waals surface area contributed by atoms with Crippen molar-refractivity contribution >= 4 is 0 Å². The monoisotopic (exact) mass is 200 g/mol. The molecule has 1 aliphatic carbocycles. The van der Waals surface area contributed by atoms with E-state index in [1.54, 1.807) is 6.92 Å². The molecule has 0 aromatic rings. The minimum absolute atomic E-state index is 0.108. The van der Waals surface area contributed by atoms with Crippen molar-refractivity contribution in [3.63, 3.8) is 0 Å². The summed E-state index contributed by atoms with van der Waals surface area (Å²) in [5.41, 5.74) is 4.99. The molecule has 0 spiro atoms. The van der Waals surface area contributed by atoms with Crippen molar-refractivity contribution in [2.75, 3.05) is 19.6 Å². The van der Waals surface area contributed by atoms with Gasteiger partial charge in [0.15, 0.2) is 0 Å². The summed E-state index contributed by atoms with van der Waals surface area (Å²) in [6.45, 7) is 4.51. The van der Waals surface area contributed by atoms with Crippen molar-refractivity contribution in [2.45, 2.75) is 38.3 Å². The van der Waals surface area contributed by atoms with Crippen LogP contribution >= 0.6 is 0 Å². The average Bonchev–Trinajstić information content (AvgIpc) is 2.15. The molecule has 82 valence electrons. The molecule has 2 rings (SSSR count). The van der Waals surface area contributed by atoms with E-state index in [1.165, 1.54) is 12.8 Å². The molecule has 0 amide bonds. The number of halogens is 1. The Morgan fingerprint density at radius 2 is 2.21 bits per heavy atom. The molecule has 0 bridgehead atoms. The van der Waals surface area contributed by atoms with Gasteiger partial charge in [-0.15, -0.1) is 0 Å². The standard InChI is InChI=1S/C11H21FN2/c1-10(12)6-11(7-10,8-13)9-3-2-4-14-5-9/h9,14H,2-8,13H2,1H3. The fraction of sp³-hybridized carbons (Fsp3) is 1.00. The zero-order valence-corrected chi connectivity index (χ0v) is 8.98. The fourth-order valence-corrected chi connectivity index (χ4v) is 3.39. The summed E-state index contributed by atoms with van der Waals surface area (Å²) in [7, 11) is 0. The molecule has 2 aliphatic rings. The third-order valence-electron chi connectivity index (χ3n) is 4.01. The summed E-state index contributed by atoms with van der Waals surface area (Å²) in [5, 5.41) is 3.39. The van der Waals surface area contributed by atoms with E-state index in [-0.39, 0.29) is 5.41 Å². The van der Waals surface area contributed by atoms with Gasteiger partial charge in [-0.1, -0.05) is 0 Å². The van der Waals surface area contributed by atoms with E-state index in [2.05, 4.69) is 5.32 Å². The van der Waals surface area contributed by atoms with Crippen LogP contribution in [0.15, 0.2) is 0 Å². The minimum Gasteiger partial charge on any atom is -0.330 e. The predicted octanol–water partition coefficient (Wildman–Crippen LogP) is 1.45. The summed E-state index contributed by atoms with van der Waals surface area (Å²) >= 11 is 0. The van der Waals surface area contributed by atoms with Gasteiger partial charge in [-0.2, -0.15) is 0 Å². The molecule has 3 heteroatoms. The SMILES string of the molecule is CC1(F)CC(CN)(C2CCCNC2)C1. The van der Waals surface area contributed by atoms with Gasteiger partial charge in [0.2, 0.25) is 0 Å². The smallest absolute Gasteiger partial charge is 0.109 e. The first kappa shape index (κ1) is 10.4. The topological polar surface area (TPSA) is 38.0 Å². The Bertz CT molecular complexity index is 201. The molecule has 3 N–H and O–H groups in total. The number of piperidine rings is 1. The quantitative estimate of drug-likeness (QED) is 0.708. The third kappa shape index (κ3) is 1.68. The Labute approximate surface area is 85.4 Å². The van der Waals surface area contributed by atoms with E-state index in [0.29, 0.717) is 25.3 Å². The van der Waals surface area contributed by atoms with E-state index in [1.807, 2.05) is 0 Å². The average molecular weight is 200 g/mol. The van der Waals surface area contributed by atoms with Crippen molar-refractivity contribution in [3.8, 4) is 0 Å². The minimum atomic E-state index is -0.948. The molecule has 1 saturated heterocycles. The molecule has 2 fully saturated rings. The Kier molecular flexibility index (Phi) is 2.56. The summed E-state index contributed by atoms with van der Waals surface area (Å²) in [6.07, 6.45) is 3.78. The second-order valence-electron chi connectivity index (χ2n) is 5.38. The van der Waals surface area contributed by atoms with Crippen LogP contribution in [-0.2, 0) is 0 Å². The molecule has 1 aliphatic heterocycles. The van der Waals surface area contributed by atoms with Gasteiger partial charge in [0.05, 0.1) is 0 Å². The number of nitrogens with one attached hydrogen (secondary N) is 1. The summed E-state index contributed by atoms with van der Waals surface area (Å²) in [6, 6.07) is 0. The first-order valence-electron chi connectivity index (χ1n) is 5.68. The van der Waals surface area contributed by atoms with Gasteiger partial charge in [-0.25, -0.2) is 4.39 Å². The van der Waals surface area contributed by atoms with Gasteiger partial charge in [0.1, 0.15) is 5.67 Å². The molecule has 1 heterocycles. The first-order chi connectivity index (χ1) is 6.58. The highest BCUT2D eigenvalue weighted by atomic mass is 19.1. The number of hydrogen-bond donors (Lipinski definition) is 2. The summed E-state index contributed by atoms with van der Waals surface area (Å²) in [5.74, 6) is 0.602. The van der Waals surface area contributed by atoms with Crippen LogP contribution in [0.5, 0.6) is 0 Å². The number of nitrogens with two attached hydrogens (primary N) is 1. The summed E-state index contributed by atoms with van der Waals surface area (Å²) in [4.78, 5) is 0. The van der Waals surface area contributed by atoms with E-state index in [0.717, 1.165) is 13.1 Å². The Morgan fingerprint density at radius 1 is 1.50 bits per heavy atom. The van der Waals surface area contributed by atoms with Crippen molar-refractivity contribution in [1.82, 2.24) is 5.32 Å². The Balaban J connectivity index is 1.99. The highest BCUT2D eigenvalue weighted by Gasteiger charge is 2.55. The zero-order valence-electron chi connectivity index (χ0n) is 8.98. The van der Waals surface area contributed by atoms with Crippen LogP contribution in [0.2, 0.25) is 0 Å². The van der Waals surface area contributed by atoms with E-state index < -0.39 is 5.67 Å². The second-order valence-corrected chi connectivity index (χ2v) is 5.38. The van der Waals surface area contributed by atoms with Crippen LogP contribution in [-0.4, -0.2) is 25.3 Å². The lowest BCUT2D eigenvalue weighted by Gasteiger charge is -2.55. The predicted molar refractivity (Wildman–Crippen MR) is 55.8 cm³/mol. The Hall–Kier alpha value is -0.150. The van der Waals surface area contributed by atoms with Gasteiger partial charge in [-0.3, -0.25) is 0 Å². The molecule has 14 heavy (non-hydrogen) atoms. The van der Waals surface area contributed by atoms with Crippen molar-refractivity contribution in [1.29, 1.82) is 0 Å². The number of alkyl halides is 1. The molecular weight excluding hydrogens is 179 g/mol. The van der Waals surface area contributed by atoms with Gasteiger partial charge in [0, 0.05) is 0 Å². The van der Waals surface area contributed by atoms with Crippen LogP contribution < -0.4 is 11.1 Å². The molecule has 2 nitrogen and oxygen atoms in total. The lowest BCUT2D eigenvalue weighted by atomic mass is 9.53. The van der Waals surface area contributed by atoms with E-state index in [4.69, 9.17) is 5.73 Å². The largest absolute Gasteiger partial charge is 0.330 e. The maximum atomic E-state index is 13.6. The van der Waals surface area contributed by atoms with Gasteiger partial charge < -0.3 is 11.1 Å². The van der Waals surface area contributed by atoms with Crippen LogP contribution in [0.25, 0.3) is 0 Å². The maximum Gasteiger partial charge on any atom is 0.109 e. The van der Waals surface area contributed by atoms with Crippen molar-refractivity contribution < 1.29 is 4.39 Å².